The van der Waals surface area contributed by atoms with Crippen molar-refractivity contribution >= 4 is 5.69 Å². The fourth-order valence-corrected chi connectivity index (χ4v) is 6.84. The standard InChI is InChI=1S/C28H36FNO2/c1-31-27(32-2)21-12-17-30(18-13-21)25-10-9-22(19-24(25)29)26-23-8-4-3-7-20(23)11-16-28(26)14-5-6-15-28/h3-4,7-10,19,21,26-27H,5-6,11-18H2,1-2H3/i3D. The summed E-state index contributed by atoms with van der Waals surface area (Å²) in [5, 5.41) is 0. The summed E-state index contributed by atoms with van der Waals surface area (Å²) in [4.78, 5) is 2.17. The van der Waals surface area contributed by atoms with E-state index in [1.54, 1.807) is 14.2 Å². The van der Waals surface area contributed by atoms with Gasteiger partial charge in [0.15, 0.2) is 6.29 Å². The summed E-state index contributed by atoms with van der Waals surface area (Å²) in [5.41, 5.74) is 4.64. The molecular weight excluding hydrogens is 401 g/mol. The SMILES string of the molecule is [2H]c1ccc2c(c1)CCC1(CCCC1)C2c1ccc(N2CCC(C(OC)OC)CC2)c(F)c1. The summed E-state index contributed by atoms with van der Waals surface area (Å²) >= 11 is 0. The van der Waals surface area contributed by atoms with E-state index in [0.29, 0.717) is 17.6 Å². The molecular formula is C28H36FNO2. The van der Waals surface area contributed by atoms with Crippen LogP contribution in [0, 0.1) is 17.2 Å². The van der Waals surface area contributed by atoms with Crippen molar-refractivity contribution in [1.29, 1.82) is 0 Å². The Morgan fingerprint density at radius 3 is 2.50 bits per heavy atom. The van der Waals surface area contributed by atoms with Gasteiger partial charge in [-0.3, -0.25) is 0 Å². The van der Waals surface area contributed by atoms with Crippen LogP contribution in [0.25, 0.3) is 0 Å². The monoisotopic (exact) mass is 438 g/mol. The van der Waals surface area contributed by atoms with Gasteiger partial charge in [-0.15, -0.1) is 0 Å². The summed E-state index contributed by atoms with van der Waals surface area (Å²) < 4.78 is 34.5. The number of hydrogen-bond donors (Lipinski definition) is 0. The van der Waals surface area contributed by atoms with Crippen molar-refractivity contribution in [3.63, 3.8) is 0 Å². The minimum absolute atomic E-state index is 0.113. The van der Waals surface area contributed by atoms with Gasteiger partial charge in [0.05, 0.1) is 7.06 Å². The van der Waals surface area contributed by atoms with E-state index in [0.717, 1.165) is 44.3 Å². The Hall–Kier alpha value is -1.91. The summed E-state index contributed by atoms with van der Waals surface area (Å²) in [6.45, 7) is 1.62. The zero-order valence-electron chi connectivity index (χ0n) is 20.4. The molecule has 0 radical (unpaired) electrons. The van der Waals surface area contributed by atoms with E-state index < -0.39 is 0 Å². The van der Waals surface area contributed by atoms with Crippen LogP contribution in [0.2, 0.25) is 0 Å². The predicted molar refractivity (Wildman–Crippen MR) is 127 cm³/mol. The lowest BCUT2D eigenvalue weighted by Gasteiger charge is -2.43. The molecule has 2 aromatic rings. The zero-order valence-corrected chi connectivity index (χ0v) is 19.4. The van der Waals surface area contributed by atoms with E-state index in [4.69, 9.17) is 10.8 Å². The molecule has 172 valence electrons. The lowest BCUT2D eigenvalue weighted by atomic mass is 9.61. The number of ether oxygens (including phenoxy) is 2. The topological polar surface area (TPSA) is 21.7 Å². The van der Waals surface area contributed by atoms with Gasteiger partial charge in [-0.05, 0) is 72.8 Å². The van der Waals surface area contributed by atoms with Crippen molar-refractivity contribution in [2.75, 3.05) is 32.2 Å². The normalized spacial score (nSPS) is 23.6. The Morgan fingerprint density at radius 1 is 1.06 bits per heavy atom. The van der Waals surface area contributed by atoms with E-state index in [1.807, 2.05) is 24.3 Å². The second-order valence-corrected chi connectivity index (χ2v) is 10.0. The van der Waals surface area contributed by atoms with Gasteiger partial charge in [0.25, 0.3) is 0 Å². The third-order valence-electron chi connectivity index (χ3n) is 8.44. The lowest BCUT2D eigenvalue weighted by Crippen LogP contribution is -2.39. The molecule has 1 aliphatic heterocycles. The number of benzene rings is 2. The van der Waals surface area contributed by atoms with Gasteiger partial charge in [0, 0.05) is 39.1 Å². The Kier molecular flexibility index (Phi) is 5.91. The highest BCUT2D eigenvalue weighted by Crippen LogP contribution is 2.57. The molecule has 3 aliphatic rings. The number of anilines is 1. The first kappa shape index (κ1) is 20.7. The maximum atomic E-state index is 15.6. The molecule has 2 aliphatic carbocycles. The van der Waals surface area contributed by atoms with Gasteiger partial charge in [-0.2, -0.15) is 0 Å². The van der Waals surface area contributed by atoms with Crippen molar-refractivity contribution in [2.45, 2.75) is 63.6 Å². The van der Waals surface area contributed by atoms with Gasteiger partial charge in [0.1, 0.15) is 5.82 Å². The van der Waals surface area contributed by atoms with E-state index in [2.05, 4.69) is 17.0 Å². The number of hydrogen-bond acceptors (Lipinski definition) is 3. The van der Waals surface area contributed by atoms with E-state index in [9.17, 15) is 0 Å². The van der Waals surface area contributed by atoms with Crippen molar-refractivity contribution in [3.05, 3.63) is 64.9 Å². The third-order valence-corrected chi connectivity index (χ3v) is 8.44. The molecule has 1 heterocycles. The average Bonchev–Trinajstić information content (AvgIpc) is 3.29. The maximum absolute atomic E-state index is 15.6. The second kappa shape index (κ2) is 9.15. The van der Waals surface area contributed by atoms with E-state index >= 15 is 4.39 Å². The smallest absolute Gasteiger partial charge is 0.159 e. The van der Waals surface area contributed by atoms with Crippen LogP contribution in [0.1, 0.15) is 68.9 Å². The van der Waals surface area contributed by atoms with Crippen LogP contribution >= 0.6 is 0 Å². The van der Waals surface area contributed by atoms with Crippen LogP contribution in [0.3, 0.4) is 0 Å². The molecule has 1 unspecified atom stereocenters. The number of fused-ring (bicyclic) bond motifs is 1. The highest BCUT2D eigenvalue weighted by molar-refractivity contribution is 5.52. The minimum atomic E-state index is -0.183. The highest BCUT2D eigenvalue weighted by Gasteiger charge is 2.45. The third kappa shape index (κ3) is 3.86. The Bertz CT molecular complexity index is 978. The van der Waals surface area contributed by atoms with Crippen molar-refractivity contribution < 1.29 is 15.2 Å². The van der Waals surface area contributed by atoms with Gasteiger partial charge in [0.2, 0.25) is 0 Å². The number of rotatable bonds is 5. The maximum Gasteiger partial charge on any atom is 0.159 e. The molecule has 0 amide bonds. The molecule has 0 aromatic heterocycles. The largest absolute Gasteiger partial charge is 0.369 e. The number of piperidine rings is 1. The van der Waals surface area contributed by atoms with Crippen LogP contribution in [0.15, 0.2) is 42.4 Å². The first-order valence-corrected chi connectivity index (χ1v) is 12.2. The summed E-state index contributed by atoms with van der Waals surface area (Å²) in [6, 6.07) is 12.6. The van der Waals surface area contributed by atoms with Crippen LogP contribution in [-0.4, -0.2) is 33.6 Å². The second-order valence-electron chi connectivity index (χ2n) is 10.0. The minimum Gasteiger partial charge on any atom is -0.369 e. The number of nitrogens with zero attached hydrogens (tertiary/aromatic N) is 1. The van der Waals surface area contributed by atoms with Crippen molar-refractivity contribution in [2.24, 2.45) is 11.3 Å². The predicted octanol–water partition coefficient (Wildman–Crippen LogP) is 6.30. The molecule has 32 heavy (non-hydrogen) atoms. The van der Waals surface area contributed by atoms with Crippen LogP contribution in [-0.2, 0) is 15.9 Å². The Balaban J connectivity index is 1.42. The molecule has 1 saturated heterocycles. The molecule has 2 fully saturated rings. The molecule has 0 bridgehead atoms. The first-order valence-electron chi connectivity index (χ1n) is 12.7. The molecule has 1 saturated carbocycles. The highest BCUT2D eigenvalue weighted by atomic mass is 19.1. The molecule has 4 heteroatoms. The number of methoxy groups -OCH3 is 2. The number of aryl methyl sites for hydroxylation is 1. The van der Waals surface area contributed by atoms with Gasteiger partial charge < -0.3 is 14.4 Å². The molecule has 1 atom stereocenters. The zero-order chi connectivity index (χ0) is 23.0. The van der Waals surface area contributed by atoms with E-state index in [1.165, 1.54) is 36.8 Å². The number of halogens is 1. The first-order chi connectivity index (χ1) is 16.0. The Morgan fingerprint density at radius 2 is 1.81 bits per heavy atom. The fourth-order valence-electron chi connectivity index (χ4n) is 6.84. The van der Waals surface area contributed by atoms with Crippen LogP contribution < -0.4 is 4.90 Å². The quantitative estimate of drug-likeness (QED) is 0.511. The van der Waals surface area contributed by atoms with Gasteiger partial charge in [-0.25, -0.2) is 4.39 Å². The van der Waals surface area contributed by atoms with Crippen LogP contribution in [0.4, 0.5) is 10.1 Å². The van der Waals surface area contributed by atoms with Gasteiger partial charge >= 0.3 is 0 Å². The molecule has 0 N–H and O–H groups in total. The Labute approximate surface area is 193 Å². The lowest BCUT2D eigenvalue weighted by molar-refractivity contribution is -0.141. The summed E-state index contributed by atoms with van der Waals surface area (Å²) in [5.74, 6) is 0.461. The fraction of sp³-hybridized carbons (Fsp3) is 0.571. The van der Waals surface area contributed by atoms with Crippen molar-refractivity contribution in [3.8, 4) is 0 Å². The molecule has 1 spiro atoms. The molecule has 5 rings (SSSR count). The molecule has 2 aromatic carbocycles. The van der Waals surface area contributed by atoms with Gasteiger partial charge in [-0.1, -0.05) is 43.1 Å². The van der Waals surface area contributed by atoms with Crippen molar-refractivity contribution in [1.82, 2.24) is 0 Å². The summed E-state index contributed by atoms with van der Waals surface area (Å²) in [6.07, 6.45) is 8.84. The average molecular weight is 439 g/mol. The van der Waals surface area contributed by atoms with Crippen LogP contribution in [0.5, 0.6) is 0 Å². The molecule has 3 nitrogen and oxygen atoms in total. The summed E-state index contributed by atoms with van der Waals surface area (Å²) in [7, 11) is 3.37. The van der Waals surface area contributed by atoms with E-state index in [-0.39, 0.29) is 23.4 Å².